The third-order valence-electron chi connectivity index (χ3n) is 4.93. The smallest absolute Gasteiger partial charge is 0.387 e. The van der Waals surface area contributed by atoms with Gasteiger partial charge in [-0.15, -0.1) is 0 Å². The van der Waals surface area contributed by atoms with Gasteiger partial charge in [0.05, 0.1) is 0 Å². The minimum atomic E-state index is -2.93. The van der Waals surface area contributed by atoms with Crippen LogP contribution in [0.5, 0.6) is 5.75 Å². The highest BCUT2D eigenvalue weighted by atomic mass is 19.3. The maximum Gasteiger partial charge on any atom is 0.387 e. The molecule has 3 aliphatic rings. The third-order valence-corrected chi connectivity index (χ3v) is 4.93. The Bertz CT molecular complexity index is 683. The number of benzene rings is 1. The number of hydrogen-bond donors (Lipinski definition) is 0. The molecule has 3 heterocycles. The van der Waals surface area contributed by atoms with Crippen LogP contribution >= 0.6 is 0 Å². The number of ether oxygens (including phenoxy) is 1. The molecule has 4 rings (SSSR count). The summed E-state index contributed by atoms with van der Waals surface area (Å²) in [6, 6.07) is 5.75. The summed E-state index contributed by atoms with van der Waals surface area (Å²) in [4.78, 5) is 30.4. The van der Waals surface area contributed by atoms with Crippen molar-refractivity contribution in [3.8, 4) is 5.75 Å². The van der Waals surface area contributed by atoms with Crippen molar-refractivity contribution in [3.05, 3.63) is 29.8 Å². The molecule has 142 valence electrons. The molecule has 2 bridgehead atoms. The molecule has 8 heteroatoms. The van der Waals surface area contributed by atoms with Gasteiger partial charge in [-0.25, -0.2) is 4.79 Å². The van der Waals surface area contributed by atoms with Gasteiger partial charge in [0.15, 0.2) is 0 Å². The zero-order valence-electron chi connectivity index (χ0n) is 14.9. The fourth-order valence-electron chi connectivity index (χ4n) is 3.74. The van der Waals surface area contributed by atoms with Crippen molar-refractivity contribution >= 4 is 11.9 Å². The largest absolute Gasteiger partial charge is 0.435 e. The van der Waals surface area contributed by atoms with Crippen molar-refractivity contribution < 1.29 is 23.1 Å². The average Bonchev–Trinajstić information content (AvgIpc) is 2.91. The first-order chi connectivity index (χ1) is 12.3. The van der Waals surface area contributed by atoms with Crippen molar-refractivity contribution in [1.29, 1.82) is 0 Å². The number of hydrogen-bond acceptors (Lipinski definition) is 3. The number of rotatable bonds is 3. The summed E-state index contributed by atoms with van der Waals surface area (Å²) in [5.41, 5.74) is 0.321. The van der Waals surface area contributed by atoms with Crippen molar-refractivity contribution in [2.24, 2.45) is 5.92 Å². The number of carbonyl (C=O) groups is 2. The molecule has 0 spiro atoms. The van der Waals surface area contributed by atoms with E-state index in [9.17, 15) is 18.4 Å². The van der Waals surface area contributed by atoms with Crippen molar-refractivity contribution in [2.75, 3.05) is 33.7 Å². The SMILES string of the molecule is CN(C)C(=O)N1C[C@H]2CC[C@@H](C1)N(C(=O)c1cccc(OC(F)F)c1)C2. The molecule has 6 nitrogen and oxygen atoms in total. The number of amides is 3. The van der Waals surface area contributed by atoms with Crippen LogP contribution in [0.2, 0.25) is 0 Å². The second-order valence-electron chi connectivity index (χ2n) is 7.04. The third kappa shape index (κ3) is 3.89. The quantitative estimate of drug-likeness (QED) is 0.825. The van der Waals surface area contributed by atoms with E-state index in [0.717, 1.165) is 12.8 Å². The lowest BCUT2D eigenvalue weighted by Crippen LogP contribution is -2.48. The zero-order chi connectivity index (χ0) is 18.8. The molecule has 3 aliphatic heterocycles. The highest BCUT2D eigenvalue weighted by Crippen LogP contribution is 2.30. The van der Waals surface area contributed by atoms with E-state index in [4.69, 9.17) is 0 Å². The van der Waals surface area contributed by atoms with E-state index in [2.05, 4.69) is 4.74 Å². The van der Waals surface area contributed by atoms with Crippen LogP contribution in [0.4, 0.5) is 13.6 Å². The minimum Gasteiger partial charge on any atom is -0.435 e. The lowest BCUT2D eigenvalue weighted by atomic mass is 9.94. The molecule has 1 aromatic carbocycles. The van der Waals surface area contributed by atoms with Gasteiger partial charge in [-0.05, 0) is 37.0 Å². The Morgan fingerprint density at radius 3 is 2.65 bits per heavy atom. The summed E-state index contributed by atoms with van der Waals surface area (Å²) >= 11 is 0. The normalized spacial score (nSPS) is 22.3. The Morgan fingerprint density at radius 2 is 1.96 bits per heavy atom. The zero-order valence-corrected chi connectivity index (χ0v) is 14.9. The lowest BCUT2D eigenvalue weighted by molar-refractivity contribution is -0.0499. The van der Waals surface area contributed by atoms with E-state index in [1.165, 1.54) is 18.2 Å². The first-order valence-electron chi connectivity index (χ1n) is 8.67. The predicted octanol–water partition coefficient (Wildman–Crippen LogP) is 2.51. The number of fused-ring (bicyclic) bond motifs is 4. The van der Waals surface area contributed by atoms with Crippen LogP contribution in [0, 0.1) is 5.92 Å². The Balaban J connectivity index is 1.77. The summed E-state index contributed by atoms with van der Waals surface area (Å²) in [6.45, 7) is -1.24. The lowest BCUT2D eigenvalue weighted by Gasteiger charge is -2.36. The van der Waals surface area contributed by atoms with Crippen LogP contribution in [0.15, 0.2) is 24.3 Å². The van der Waals surface area contributed by atoms with E-state index >= 15 is 0 Å². The predicted molar refractivity (Wildman–Crippen MR) is 91.3 cm³/mol. The summed E-state index contributed by atoms with van der Waals surface area (Å²) in [5, 5.41) is 0. The summed E-state index contributed by atoms with van der Waals surface area (Å²) < 4.78 is 29.2. The van der Waals surface area contributed by atoms with Gasteiger partial charge in [0.1, 0.15) is 5.75 Å². The molecule has 0 N–H and O–H groups in total. The second-order valence-corrected chi connectivity index (χ2v) is 7.04. The summed E-state index contributed by atoms with van der Waals surface area (Å²) in [6.07, 6.45) is 1.81. The number of halogens is 2. The molecule has 0 aromatic heterocycles. The van der Waals surface area contributed by atoms with Gasteiger partial charge < -0.3 is 19.4 Å². The van der Waals surface area contributed by atoms with E-state index in [1.54, 1.807) is 34.9 Å². The van der Waals surface area contributed by atoms with Crippen LogP contribution in [-0.4, -0.2) is 73.0 Å². The van der Waals surface area contributed by atoms with Gasteiger partial charge in [0.25, 0.3) is 5.91 Å². The van der Waals surface area contributed by atoms with E-state index in [-0.39, 0.29) is 29.6 Å². The molecule has 0 saturated carbocycles. The Kier molecular flexibility index (Phi) is 5.29. The van der Waals surface area contributed by atoms with Crippen molar-refractivity contribution in [1.82, 2.24) is 14.7 Å². The van der Waals surface area contributed by atoms with Crippen LogP contribution in [0.1, 0.15) is 23.2 Å². The van der Waals surface area contributed by atoms with Crippen molar-refractivity contribution in [2.45, 2.75) is 25.5 Å². The van der Waals surface area contributed by atoms with E-state index in [0.29, 0.717) is 25.2 Å². The molecule has 2 atom stereocenters. The highest BCUT2D eigenvalue weighted by Gasteiger charge is 2.39. The van der Waals surface area contributed by atoms with Gasteiger partial charge in [-0.2, -0.15) is 8.78 Å². The maximum absolute atomic E-state index is 13.0. The first-order valence-corrected chi connectivity index (χ1v) is 8.67. The van der Waals surface area contributed by atoms with Crippen molar-refractivity contribution in [3.63, 3.8) is 0 Å². The van der Waals surface area contributed by atoms with Crippen LogP contribution in [-0.2, 0) is 0 Å². The Labute approximate surface area is 151 Å². The molecular formula is C18H23F2N3O3. The van der Waals surface area contributed by atoms with Crippen LogP contribution in [0.3, 0.4) is 0 Å². The highest BCUT2D eigenvalue weighted by molar-refractivity contribution is 5.95. The molecule has 0 unspecified atom stereocenters. The Hall–Kier alpha value is -2.38. The van der Waals surface area contributed by atoms with Gasteiger partial charge in [0.2, 0.25) is 0 Å². The summed E-state index contributed by atoms with van der Waals surface area (Å²) in [5.74, 6) is -0.0177. The molecule has 3 saturated heterocycles. The molecule has 1 aromatic rings. The van der Waals surface area contributed by atoms with E-state index < -0.39 is 6.61 Å². The van der Waals surface area contributed by atoms with Gasteiger partial charge in [0, 0.05) is 45.3 Å². The average molecular weight is 367 g/mol. The van der Waals surface area contributed by atoms with Crippen LogP contribution < -0.4 is 4.74 Å². The molecular weight excluding hydrogens is 344 g/mol. The number of alkyl halides is 2. The molecule has 26 heavy (non-hydrogen) atoms. The second kappa shape index (κ2) is 7.47. The minimum absolute atomic E-state index is 0.0322. The maximum atomic E-state index is 13.0. The fourth-order valence-corrected chi connectivity index (χ4v) is 3.74. The fraction of sp³-hybridized carbons (Fsp3) is 0.556. The van der Waals surface area contributed by atoms with Gasteiger partial charge in [-0.3, -0.25) is 4.79 Å². The molecule has 3 amide bonds. The number of carbonyl (C=O) groups excluding carboxylic acids is 2. The topological polar surface area (TPSA) is 53.1 Å². The molecule has 0 radical (unpaired) electrons. The molecule has 3 fully saturated rings. The number of urea groups is 1. The first kappa shape index (κ1) is 18.4. The number of nitrogens with zero attached hydrogens (tertiary/aromatic N) is 3. The van der Waals surface area contributed by atoms with E-state index in [1.807, 2.05) is 0 Å². The Morgan fingerprint density at radius 1 is 1.19 bits per heavy atom. The molecule has 0 aliphatic carbocycles. The monoisotopic (exact) mass is 367 g/mol. The standard InChI is InChI=1S/C18H23F2N3O3/c1-21(2)18(25)22-9-12-6-7-14(11-22)23(10-12)16(24)13-4-3-5-15(8-13)26-17(19)20/h3-5,8,12,14,17H,6-7,9-11H2,1-2H3/t12-,14+/m1/s1. The van der Waals surface area contributed by atoms with Crippen LogP contribution in [0.25, 0.3) is 0 Å². The van der Waals surface area contributed by atoms with Gasteiger partial charge >= 0.3 is 12.6 Å². The van der Waals surface area contributed by atoms with Gasteiger partial charge in [-0.1, -0.05) is 6.07 Å². The number of piperidine rings is 1. The summed E-state index contributed by atoms with van der Waals surface area (Å²) in [7, 11) is 3.43.